The molecule has 1 aromatic heterocycles. The van der Waals surface area contributed by atoms with Gasteiger partial charge in [0.2, 0.25) is 0 Å². The van der Waals surface area contributed by atoms with Crippen molar-refractivity contribution in [1.82, 2.24) is 15.2 Å². The van der Waals surface area contributed by atoms with Crippen LogP contribution in [0.5, 0.6) is 0 Å². The third-order valence-electron chi connectivity index (χ3n) is 5.55. The Kier molecular flexibility index (Phi) is 5.76. The number of thiazole rings is 1. The molecule has 2 N–H and O–H groups in total. The fourth-order valence-electron chi connectivity index (χ4n) is 3.92. The van der Waals surface area contributed by atoms with Crippen LogP contribution in [0.25, 0.3) is 20.8 Å². The number of piperazine rings is 1. The highest BCUT2D eigenvalue weighted by Crippen LogP contribution is 2.36. The van der Waals surface area contributed by atoms with Gasteiger partial charge in [-0.2, -0.15) is 0 Å². The van der Waals surface area contributed by atoms with Crippen molar-refractivity contribution in [2.24, 2.45) is 0 Å². The number of anilines is 1. The maximum absolute atomic E-state index is 12.7. The van der Waals surface area contributed by atoms with Gasteiger partial charge in [0.25, 0.3) is 5.91 Å². The highest BCUT2D eigenvalue weighted by Gasteiger charge is 2.17. The van der Waals surface area contributed by atoms with Crippen LogP contribution in [0, 0.1) is 0 Å². The first-order valence-corrected chi connectivity index (χ1v) is 11.4. The lowest BCUT2D eigenvalue weighted by Crippen LogP contribution is -2.42. The first-order valence-electron chi connectivity index (χ1n) is 10.6. The first kappa shape index (κ1) is 19.9. The molecule has 0 aliphatic carbocycles. The van der Waals surface area contributed by atoms with E-state index in [1.54, 1.807) is 11.3 Å². The van der Waals surface area contributed by atoms with Crippen LogP contribution in [-0.4, -0.2) is 42.0 Å². The summed E-state index contributed by atoms with van der Waals surface area (Å²) in [5.41, 5.74) is 4.68. The van der Waals surface area contributed by atoms with E-state index in [0.717, 1.165) is 54.5 Å². The topological polar surface area (TPSA) is 57.3 Å². The number of hydrogen-bond acceptors (Lipinski definition) is 5. The lowest BCUT2D eigenvalue weighted by Gasteiger charge is -2.27. The van der Waals surface area contributed by atoms with Crippen molar-refractivity contribution < 1.29 is 4.79 Å². The van der Waals surface area contributed by atoms with Crippen LogP contribution >= 0.6 is 11.3 Å². The van der Waals surface area contributed by atoms with Crippen molar-refractivity contribution in [3.05, 3.63) is 83.9 Å². The molecule has 5 rings (SSSR count). The van der Waals surface area contributed by atoms with Crippen molar-refractivity contribution in [1.29, 1.82) is 0 Å². The highest BCUT2D eigenvalue weighted by atomic mass is 32.1. The average molecular weight is 429 g/mol. The molecule has 3 aromatic carbocycles. The van der Waals surface area contributed by atoms with Crippen molar-refractivity contribution in [3.63, 3.8) is 0 Å². The second-order valence-electron chi connectivity index (χ2n) is 7.67. The molecule has 0 atom stereocenters. The third kappa shape index (κ3) is 4.37. The number of hydrogen-bond donors (Lipinski definition) is 2. The number of para-hydroxylation sites is 2. The highest BCUT2D eigenvalue weighted by molar-refractivity contribution is 7.21. The van der Waals surface area contributed by atoms with E-state index in [4.69, 9.17) is 4.98 Å². The van der Waals surface area contributed by atoms with Crippen molar-refractivity contribution in [2.75, 3.05) is 31.5 Å². The van der Waals surface area contributed by atoms with Crippen LogP contribution in [0.4, 0.5) is 5.69 Å². The quantitative estimate of drug-likeness (QED) is 0.487. The van der Waals surface area contributed by atoms with Gasteiger partial charge >= 0.3 is 0 Å². The van der Waals surface area contributed by atoms with E-state index in [0.29, 0.717) is 5.56 Å². The maximum atomic E-state index is 12.7. The van der Waals surface area contributed by atoms with Gasteiger partial charge in [0.15, 0.2) is 0 Å². The number of carbonyl (C=O) groups is 1. The second-order valence-corrected chi connectivity index (χ2v) is 8.71. The van der Waals surface area contributed by atoms with Crippen molar-refractivity contribution in [2.45, 2.75) is 6.54 Å². The van der Waals surface area contributed by atoms with Gasteiger partial charge in [-0.1, -0.05) is 42.5 Å². The zero-order valence-corrected chi connectivity index (χ0v) is 18.0. The molecule has 1 saturated heterocycles. The molecule has 156 valence electrons. The Labute approximate surface area is 185 Å². The summed E-state index contributed by atoms with van der Waals surface area (Å²) in [6, 6.07) is 23.6. The predicted molar refractivity (Wildman–Crippen MR) is 128 cm³/mol. The number of nitrogens with one attached hydrogen (secondary N) is 2. The minimum atomic E-state index is -0.117. The molecule has 1 fully saturated rings. The fourth-order valence-corrected chi connectivity index (χ4v) is 4.97. The lowest BCUT2D eigenvalue weighted by molar-refractivity contribution is 0.102. The first-order chi connectivity index (χ1) is 15.3. The van der Waals surface area contributed by atoms with Gasteiger partial charge in [-0.15, -0.1) is 11.3 Å². The number of nitrogens with zero attached hydrogens (tertiary/aromatic N) is 2. The summed E-state index contributed by atoms with van der Waals surface area (Å²) in [4.78, 5) is 20.2. The SMILES string of the molecule is O=C(Nc1ccccc1-c1nc2c(CN3CCNCC3)cccc2s1)c1ccccc1. The Morgan fingerprint density at radius 3 is 2.58 bits per heavy atom. The minimum absolute atomic E-state index is 0.117. The lowest BCUT2D eigenvalue weighted by atomic mass is 10.1. The fraction of sp³-hybridized carbons (Fsp3) is 0.200. The number of rotatable bonds is 5. The molecule has 5 nitrogen and oxygen atoms in total. The van der Waals surface area contributed by atoms with Crippen LogP contribution in [0.1, 0.15) is 15.9 Å². The molecule has 31 heavy (non-hydrogen) atoms. The summed E-state index contributed by atoms with van der Waals surface area (Å²) < 4.78 is 1.17. The monoisotopic (exact) mass is 428 g/mol. The van der Waals surface area contributed by atoms with E-state index in [9.17, 15) is 4.79 Å². The summed E-state index contributed by atoms with van der Waals surface area (Å²) in [6.07, 6.45) is 0. The second kappa shape index (κ2) is 8.98. The molecular weight excluding hydrogens is 404 g/mol. The Balaban J connectivity index is 1.46. The average Bonchev–Trinajstić information content (AvgIpc) is 3.26. The molecule has 1 amide bonds. The zero-order valence-electron chi connectivity index (χ0n) is 17.2. The van der Waals surface area contributed by atoms with E-state index in [-0.39, 0.29) is 5.91 Å². The molecule has 0 bridgehead atoms. The molecule has 0 unspecified atom stereocenters. The molecule has 2 heterocycles. The van der Waals surface area contributed by atoms with Gasteiger partial charge in [0, 0.05) is 43.9 Å². The van der Waals surface area contributed by atoms with E-state index in [1.807, 2.05) is 54.6 Å². The van der Waals surface area contributed by atoms with Gasteiger partial charge in [-0.3, -0.25) is 9.69 Å². The summed E-state index contributed by atoms with van der Waals surface area (Å²) in [6.45, 7) is 5.09. The molecule has 1 aliphatic heterocycles. The molecule has 0 saturated carbocycles. The summed E-state index contributed by atoms with van der Waals surface area (Å²) in [5.74, 6) is -0.117. The number of aromatic nitrogens is 1. The van der Waals surface area contributed by atoms with E-state index in [2.05, 4.69) is 33.7 Å². The molecule has 0 spiro atoms. The number of carbonyl (C=O) groups excluding carboxylic acids is 1. The summed E-state index contributed by atoms with van der Waals surface area (Å²) >= 11 is 1.67. The molecule has 0 radical (unpaired) electrons. The smallest absolute Gasteiger partial charge is 0.255 e. The van der Waals surface area contributed by atoms with Crippen LogP contribution in [0.2, 0.25) is 0 Å². The number of amides is 1. The maximum Gasteiger partial charge on any atom is 0.255 e. The Morgan fingerprint density at radius 1 is 0.968 bits per heavy atom. The van der Waals surface area contributed by atoms with Crippen molar-refractivity contribution >= 4 is 33.1 Å². The minimum Gasteiger partial charge on any atom is -0.321 e. The van der Waals surface area contributed by atoms with Crippen LogP contribution in [-0.2, 0) is 6.54 Å². The normalized spacial score (nSPS) is 14.6. The molecule has 4 aromatic rings. The van der Waals surface area contributed by atoms with E-state index >= 15 is 0 Å². The largest absolute Gasteiger partial charge is 0.321 e. The van der Waals surface area contributed by atoms with Gasteiger partial charge in [-0.05, 0) is 35.9 Å². The van der Waals surface area contributed by atoms with E-state index in [1.165, 1.54) is 10.3 Å². The third-order valence-corrected chi connectivity index (χ3v) is 6.60. The standard InChI is InChI=1S/C25H24N4OS/c30-24(18-7-2-1-3-8-18)27-21-11-5-4-10-20(21)25-28-23-19(9-6-12-22(23)31-25)17-29-15-13-26-14-16-29/h1-12,26H,13-17H2,(H,27,30). The summed E-state index contributed by atoms with van der Waals surface area (Å²) in [5, 5.41) is 7.39. The Bertz CT molecular complexity index is 1200. The summed E-state index contributed by atoms with van der Waals surface area (Å²) in [7, 11) is 0. The van der Waals surface area contributed by atoms with E-state index < -0.39 is 0 Å². The van der Waals surface area contributed by atoms with Crippen LogP contribution < -0.4 is 10.6 Å². The van der Waals surface area contributed by atoms with Crippen molar-refractivity contribution in [3.8, 4) is 10.6 Å². The number of benzene rings is 3. The van der Waals surface area contributed by atoms with Gasteiger partial charge in [0.05, 0.1) is 15.9 Å². The van der Waals surface area contributed by atoms with Crippen LogP contribution in [0.15, 0.2) is 72.8 Å². The van der Waals surface area contributed by atoms with Gasteiger partial charge in [-0.25, -0.2) is 4.98 Å². The predicted octanol–water partition coefficient (Wildman–Crippen LogP) is 4.62. The van der Waals surface area contributed by atoms with Crippen LogP contribution in [0.3, 0.4) is 0 Å². The molecule has 1 aliphatic rings. The molecule has 6 heteroatoms. The Morgan fingerprint density at radius 2 is 1.74 bits per heavy atom. The molecular formula is C25H24N4OS. The zero-order chi connectivity index (χ0) is 21.0. The number of fused-ring (bicyclic) bond motifs is 1. The Hall–Kier alpha value is -3.06. The van der Waals surface area contributed by atoms with Gasteiger partial charge in [0.1, 0.15) is 5.01 Å². The van der Waals surface area contributed by atoms with Gasteiger partial charge < -0.3 is 10.6 Å².